The highest BCUT2D eigenvalue weighted by molar-refractivity contribution is 7.89. The molecule has 1 heterocycles. The van der Waals surface area contributed by atoms with Crippen LogP contribution in [0.25, 0.3) is 10.9 Å². The molecular weight excluding hydrogens is 252 g/mol. The predicted octanol–water partition coefficient (Wildman–Crippen LogP) is 0.848. The van der Waals surface area contributed by atoms with E-state index in [9.17, 15) is 8.42 Å². The Balaban J connectivity index is 2.61. The highest BCUT2D eigenvalue weighted by Crippen LogP contribution is 2.23. The maximum absolute atomic E-state index is 12.3. The molecule has 0 aliphatic heterocycles. The molecule has 0 bridgehead atoms. The van der Waals surface area contributed by atoms with Gasteiger partial charge in [0.05, 0.1) is 17.0 Å². The molecule has 0 unspecified atom stereocenters. The van der Waals surface area contributed by atoms with Crippen molar-refractivity contribution in [3.05, 3.63) is 36.5 Å². The summed E-state index contributed by atoms with van der Waals surface area (Å²) in [6, 6.07) is 8.40. The van der Waals surface area contributed by atoms with E-state index < -0.39 is 10.0 Å². The van der Waals surface area contributed by atoms with Gasteiger partial charge in [-0.2, -0.15) is 4.31 Å². The Labute approximate surface area is 106 Å². The van der Waals surface area contributed by atoms with Crippen molar-refractivity contribution >= 4 is 20.9 Å². The van der Waals surface area contributed by atoms with Crippen LogP contribution >= 0.6 is 0 Å². The smallest absolute Gasteiger partial charge is 0.243 e. The van der Waals surface area contributed by atoms with E-state index in [4.69, 9.17) is 5.11 Å². The fourth-order valence-electron chi connectivity index (χ4n) is 1.73. The lowest BCUT2D eigenvalue weighted by atomic mass is 10.2. The number of likely N-dealkylation sites (N-methyl/N-ethyl adjacent to an activating group) is 1. The van der Waals surface area contributed by atoms with E-state index in [1.165, 1.54) is 7.05 Å². The third-order valence-corrected chi connectivity index (χ3v) is 4.62. The third kappa shape index (κ3) is 2.22. The van der Waals surface area contributed by atoms with Crippen molar-refractivity contribution in [2.75, 3.05) is 20.2 Å². The Morgan fingerprint density at radius 1 is 1.28 bits per heavy atom. The van der Waals surface area contributed by atoms with Crippen molar-refractivity contribution in [2.24, 2.45) is 0 Å². The lowest BCUT2D eigenvalue weighted by Gasteiger charge is -2.16. The predicted molar refractivity (Wildman–Crippen MR) is 68.6 cm³/mol. The van der Waals surface area contributed by atoms with Gasteiger partial charge < -0.3 is 5.11 Å². The zero-order valence-electron chi connectivity index (χ0n) is 9.94. The van der Waals surface area contributed by atoms with Crippen molar-refractivity contribution in [1.82, 2.24) is 9.29 Å². The first-order valence-electron chi connectivity index (χ1n) is 5.48. The Bertz CT molecular complexity index is 650. The zero-order valence-corrected chi connectivity index (χ0v) is 10.8. The number of aliphatic hydroxyl groups excluding tert-OH is 1. The molecule has 1 N–H and O–H groups in total. The molecule has 0 radical (unpaired) electrons. The summed E-state index contributed by atoms with van der Waals surface area (Å²) < 4.78 is 25.8. The maximum Gasteiger partial charge on any atom is 0.243 e. The number of hydrogen-bond donors (Lipinski definition) is 1. The van der Waals surface area contributed by atoms with Crippen LogP contribution in [0.1, 0.15) is 0 Å². The van der Waals surface area contributed by atoms with E-state index in [-0.39, 0.29) is 18.0 Å². The van der Waals surface area contributed by atoms with E-state index in [1.807, 2.05) is 0 Å². The zero-order chi connectivity index (χ0) is 13.2. The first kappa shape index (κ1) is 12.9. The molecule has 0 aliphatic rings. The van der Waals surface area contributed by atoms with Gasteiger partial charge in [-0.15, -0.1) is 0 Å². The summed E-state index contributed by atoms with van der Waals surface area (Å²) in [6.45, 7) is -0.141. The summed E-state index contributed by atoms with van der Waals surface area (Å²) in [4.78, 5) is 4.34. The summed E-state index contributed by atoms with van der Waals surface area (Å²) >= 11 is 0. The highest BCUT2D eigenvalue weighted by atomic mass is 32.2. The van der Waals surface area contributed by atoms with Gasteiger partial charge in [0.25, 0.3) is 0 Å². The molecule has 0 saturated heterocycles. The molecule has 0 aliphatic carbocycles. The van der Waals surface area contributed by atoms with Gasteiger partial charge in [-0.05, 0) is 24.3 Å². The number of sulfonamides is 1. The summed E-state index contributed by atoms with van der Waals surface area (Å²) in [5.74, 6) is 0. The summed E-state index contributed by atoms with van der Waals surface area (Å²) in [5, 5.41) is 9.43. The highest BCUT2D eigenvalue weighted by Gasteiger charge is 2.22. The topological polar surface area (TPSA) is 70.5 Å². The van der Waals surface area contributed by atoms with Crippen LogP contribution in [0.2, 0.25) is 0 Å². The van der Waals surface area contributed by atoms with Crippen LogP contribution in [0.5, 0.6) is 0 Å². The van der Waals surface area contributed by atoms with Crippen LogP contribution in [0.4, 0.5) is 0 Å². The van der Waals surface area contributed by atoms with Crippen molar-refractivity contribution < 1.29 is 13.5 Å². The largest absolute Gasteiger partial charge is 0.395 e. The minimum atomic E-state index is -3.59. The Morgan fingerprint density at radius 2 is 2.06 bits per heavy atom. The van der Waals surface area contributed by atoms with Gasteiger partial charge in [0.15, 0.2) is 0 Å². The van der Waals surface area contributed by atoms with Crippen molar-refractivity contribution in [1.29, 1.82) is 0 Å². The number of fused-ring (bicyclic) bond motifs is 1. The average Bonchev–Trinajstić information content (AvgIpc) is 2.38. The van der Waals surface area contributed by atoms with Crippen LogP contribution in [-0.2, 0) is 10.0 Å². The molecule has 96 valence electrons. The molecule has 6 heteroatoms. The lowest BCUT2D eigenvalue weighted by Crippen LogP contribution is -2.29. The maximum atomic E-state index is 12.3. The summed E-state index contributed by atoms with van der Waals surface area (Å²) in [6.07, 6.45) is 1.62. The Kier molecular flexibility index (Phi) is 3.60. The molecule has 1 aromatic heterocycles. The van der Waals surface area contributed by atoms with Crippen molar-refractivity contribution in [3.63, 3.8) is 0 Å². The molecule has 0 saturated carbocycles. The van der Waals surface area contributed by atoms with E-state index in [2.05, 4.69) is 4.98 Å². The van der Waals surface area contributed by atoms with Gasteiger partial charge in [0, 0.05) is 25.2 Å². The summed E-state index contributed by atoms with van der Waals surface area (Å²) in [7, 11) is -2.15. The van der Waals surface area contributed by atoms with Crippen LogP contribution in [0.3, 0.4) is 0 Å². The van der Waals surface area contributed by atoms with E-state index >= 15 is 0 Å². The lowest BCUT2D eigenvalue weighted by molar-refractivity contribution is 0.266. The van der Waals surface area contributed by atoms with Gasteiger partial charge in [0.1, 0.15) is 0 Å². The molecule has 1 aromatic carbocycles. The third-order valence-electron chi connectivity index (χ3n) is 2.71. The van der Waals surface area contributed by atoms with Gasteiger partial charge >= 0.3 is 0 Å². The second-order valence-electron chi connectivity index (χ2n) is 3.88. The quantitative estimate of drug-likeness (QED) is 0.890. The number of hydrogen-bond acceptors (Lipinski definition) is 4. The fourth-order valence-corrected chi connectivity index (χ4v) is 3.09. The SMILES string of the molecule is CN(CCO)S(=O)(=O)c1cccc2ncccc12. The number of aliphatic hydroxyl groups is 1. The first-order valence-corrected chi connectivity index (χ1v) is 6.92. The Hall–Kier alpha value is -1.50. The second-order valence-corrected chi connectivity index (χ2v) is 5.89. The van der Waals surface area contributed by atoms with Gasteiger partial charge in [0.2, 0.25) is 10.0 Å². The molecular formula is C12H14N2O3S. The number of rotatable bonds is 4. The van der Waals surface area contributed by atoms with Crippen LogP contribution < -0.4 is 0 Å². The standard InChI is InChI=1S/C12H14N2O3S/c1-14(8-9-15)18(16,17)12-6-2-5-11-10(12)4-3-7-13-11/h2-7,15H,8-9H2,1H3. The monoisotopic (exact) mass is 266 g/mol. The van der Waals surface area contributed by atoms with Crippen LogP contribution in [0.15, 0.2) is 41.4 Å². The molecule has 18 heavy (non-hydrogen) atoms. The first-order chi connectivity index (χ1) is 8.57. The summed E-state index contributed by atoms with van der Waals surface area (Å²) in [5.41, 5.74) is 0.635. The van der Waals surface area contributed by atoms with Gasteiger partial charge in [-0.3, -0.25) is 4.98 Å². The minimum Gasteiger partial charge on any atom is -0.395 e. The van der Waals surface area contributed by atoms with E-state index in [1.54, 1.807) is 36.5 Å². The van der Waals surface area contributed by atoms with E-state index in [0.717, 1.165) is 4.31 Å². The van der Waals surface area contributed by atoms with E-state index in [0.29, 0.717) is 10.9 Å². The van der Waals surface area contributed by atoms with Crippen LogP contribution in [-0.4, -0.2) is 43.0 Å². The average molecular weight is 266 g/mol. The second kappa shape index (κ2) is 5.01. The Morgan fingerprint density at radius 3 is 2.78 bits per heavy atom. The molecule has 0 atom stereocenters. The van der Waals surface area contributed by atoms with Gasteiger partial charge in [-0.1, -0.05) is 6.07 Å². The number of nitrogens with zero attached hydrogens (tertiary/aromatic N) is 2. The minimum absolute atomic E-state index is 0.0684. The molecule has 2 rings (SSSR count). The fraction of sp³-hybridized carbons (Fsp3) is 0.250. The van der Waals surface area contributed by atoms with Crippen molar-refractivity contribution in [2.45, 2.75) is 4.90 Å². The number of benzene rings is 1. The van der Waals surface area contributed by atoms with Crippen molar-refractivity contribution in [3.8, 4) is 0 Å². The normalized spacial score (nSPS) is 12.2. The number of pyridine rings is 1. The molecule has 2 aromatic rings. The van der Waals surface area contributed by atoms with Gasteiger partial charge in [-0.25, -0.2) is 8.42 Å². The molecule has 0 fully saturated rings. The molecule has 0 amide bonds. The molecule has 5 nitrogen and oxygen atoms in total. The molecule has 0 spiro atoms. The number of aromatic nitrogens is 1. The van der Waals surface area contributed by atoms with Crippen LogP contribution in [0, 0.1) is 0 Å².